The monoisotopic (exact) mass is 141 g/mol. The maximum atomic E-state index is 3.33. The zero-order valence-electron chi connectivity index (χ0n) is 7.19. The molecule has 1 saturated heterocycles. The van der Waals surface area contributed by atoms with Crippen LogP contribution >= 0.6 is 0 Å². The van der Waals surface area contributed by atoms with E-state index in [4.69, 9.17) is 0 Å². The Morgan fingerprint density at radius 3 is 2.70 bits per heavy atom. The van der Waals surface area contributed by atoms with Crippen molar-refractivity contribution < 1.29 is 0 Å². The van der Waals surface area contributed by atoms with Crippen molar-refractivity contribution in [1.82, 2.24) is 5.32 Å². The predicted octanol–water partition coefficient (Wildman–Crippen LogP) is 2.17. The highest BCUT2D eigenvalue weighted by Gasteiger charge is 2.19. The maximum Gasteiger partial charge on any atom is 0.0193 e. The van der Waals surface area contributed by atoms with E-state index in [0.29, 0.717) is 0 Å². The highest BCUT2D eigenvalue weighted by Crippen LogP contribution is 2.16. The summed E-state index contributed by atoms with van der Waals surface area (Å²) in [7, 11) is 0. The second kappa shape index (κ2) is 3.97. The summed E-state index contributed by atoms with van der Waals surface area (Å²) in [6.45, 7) is 5.91. The molecule has 0 aromatic heterocycles. The Balaban J connectivity index is 1.89. The lowest BCUT2D eigenvalue weighted by atomic mass is 9.99. The molecule has 1 fully saturated rings. The van der Waals surface area contributed by atoms with E-state index in [2.05, 4.69) is 19.2 Å². The van der Waals surface area contributed by atoms with Crippen molar-refractivity contribution in [1.29, 1.82) is 0 Å². The first-order valence-corrected chi connectivity index (χ1v) is 4.56. The van der Waals surface area contributed by atoms with E-state index in [1.165, 1.54) is 32.2 Å². The van der Waals surface area contributed by atoms with Crippen LogP contribution in [-0.4, -0.2) is 12.6 Å². The number of hydrogen-bond donors (Lipinski definition) is 1. The Morgan fingerprint density at radius 1 is 1.50 bits per heavy atom. The fourth-order valence-corrected chi connectivity index (χ4v) is 1.41. The molecule has 10 heavy (non-hydrogen) atoms. The SMILES string of the molecule is CCCC(C)CC[C@H]1CN1. The smallest absolute Gasteiger partial charge is 0.0193 e. The molecular formula is C9H19N. The molecule has 0 aromatic carbocycles. The van der Waals surface area contributed by atoms with E-state index in [1.807, 2.05) is 0 Å². The van der Waals surface area contributed by atoms with Crippen molar-refractivity contribution in [2.75, 3.05) is 6.54 Å². The fourth-order valence-electron chi connectivity index (χ4n) is 1.41. The van der Waals surface area contributed by atoms with Crippen LogP contribution in [0.4, 0.5) is 0 Å². The van der Waals surface area contributed by atoms with Crippen molar-refractivity contribution in [3.8, 4) is 0 Å². The zero-order valence-corrected chi connectivity index (χ0v) is 7.19. The van der Waals surface area contributed by atoms with Crippen LogP contribution in [-0.2, 0) is 0 Å². The summed E-state index contributed by atoms with van der Waals surface area (Å²) >= 11 is 0. The molecule has 1 N–H and O–H groups in total. The summed E-state index contributed by atoms with van der Waals surface area (Å²) in [5.41, 5.74) is 0. The quantitative estimate of drug-likeness (QED) is 0.582. The highest BCUT2D eigenvalue weighted by molar-refractivity contribution is 4.82. The van der Waals surface area contributed by atoms with Crippen LogP contribution in [0.2, 0.25) is 0 Å². The molecule has 1 heterocycles. The Kier molecular flexibility index (Phi) is 3.20. The lowest BCUT2D eigenvalue weighted by Crippen LogP contribution is -1.98. The third kappa shape index (κ3) is 3.21. The Labute approximate surface area is 64.2 Å². The second-order valence-corrected chi connectivity index (χ2v) is 3.58. The van der Waals surface area contributed by atoms with Crippen molar-refractivity contribution in [2.24, 2.45) is 5.92 Å². The largest absolute Gasteiger partial charge is 0.311 e. The lowest BCUT2D eigenvalue weighted by Gasteiger charge is -2.07. The summed E-state index contributed by atoms with van der Waals surface area (Å²) in [6, 6.07) is 0.888. The molecule has 1 aliphatic heterocycles. The van der Waals surface area contributed by atoms with Crippen LogP contribution in [0.5, 0.6) is 0 Å². The van der Waals surface area contributed by atoms with Gasteiger partial charge >= 0.3 is 0 Å². The van der Waals surface area contributed by atoms with Crippen LogP contribution in [0.3, 0.4) is 0 Å². The van der Waals surface area contributed by atoms with Gasteiger partial charge in [-0.2, -0.15) is 0 Å². The highest BCUT2D eigenvalue weighted by atomic mass is 15.1. The van der Waals surface area contributed by atoms with Crippen molar-refractivity contribution in [2.45, 2.75) is 45.6 Å². The van der Waals surface area contributed by atoms with Gasteiger partial charge in [-0.05, 0) is 18.8 Å². The van der Waals surface area contributed by atoms with Gasteiger partial charge in [0.1, 0.15) is 0 Å². The van der Waals surface area contributed by atoms with E-state index in [1.54, 1.807) is 0 Å². The van der Waals surface area contributed by atoms with E-state index in [9.17, 15) is 0 Å². The van der Waals surface area contributed by atoms with Gasteiger partial charge in [-0.15, -0.1) is 0 Å². The number of rotatable bonds is 5. The number of nitrogens with one attached hydrogen (secondary N) is 1. The molecule has 0 amide bonds. The molecule has 0 saturated carbocycles. The minimum absolute atomic E-state index is 0.888. The predicted molar refractivity (Wildman–Crippen MR) is 45.1 cm³/mol. The molecule has 1 rings (SSSR count). The molecule has 0 aromatic rings. The zero-order chi connectivity index (χ0) is 7.40. The van der Waals surface area contributed by atoms with Gasteiger partial charge in [0, 0.05) is 12.6 Å². The van der Waals surface area contributed by atoms with Gasteiger partial charge in [-0.3, -0.25) is 0 Å². The molecule has 1 nitrogen and oxygen atoms in total. The Morgan fingerprint density at radius 2 is 2.20 bits per heavy atom. The molecule has 0 radical (unpaired) electrons. The van der Waals surface area contributed by atoms with E-state index in [-0.39, 0.29) is 0 Å². The van der Waals surface area contributed by atoms with Gasteiger partial charge in [-0.1, -0.05) is 26.7 Å². The van der Waals surface area contributed by atoms with Gasteiger partial charge in [0.15, 0.2) is 0 Å². The van der Waals surface area contributed by atoms with Crippen molar-refractivity contribution in [3.05, 3.63) is 0 Å². The average molecular weight is 141 g/mol. The normalized spacial score (nSPS) is 26.4. The first kappa shape index (κ1) is 8.06. The maximum absolute atomic E-state index is 3.33. The summed E-state index contributed by atoms with van der Waals surface area (Å²) in [6.07, 6.45) is 5.58. The third-order valence-electron chi connectivity index (χ3n) is 2.28. The topological polar surface area (TPSA) is 21.9 Å². The Hall–Kier alpha value is -0.0400. The number of hydrogen-bond acceptors (Lipinski definition) is 1. The van der Waals surface area contributed by atoms with Crippen LogP contribution in [0.25, 0.3) is 0 Å². The standard InChI is InChI=1S/C9H19N/c1-3-4-8(2)5-6-9-7-10-9/h8-10H,3-7H2,1-2H3/t8?,9-/m0/s1. The Bertz CT molecular complexity index is 86.7. The van der Waals surface area contributed by atoms with Gasteiger partial charge < -0.3 is 5.32 Å². The minimum Gasteiger partial charge on any atom is -0.311 e. The molecule has 2 atom stereocenters. The summed E-state index contributed by atoms with van der Waals surface area (Å²) < 4.78 is 0. The summed E-state index contributed by atoms with van der Waals surface area (Å²) in [5, 5.41) is 3.33. The van der Waals surface area contributed by atoms with E-state index in [0.717, 1.165) is 12.0 Å². The van der Waals surface area contributed by atoms with Crippen LogP contribution in [0.15, 0.2) is 0 Å². The molecule has 1 aliphatic rings. The van der Waals surface area contributed by atoms with E-state index < -0.39 is 0 Å². The minimum atomic E-state index is 0.888. The first-order valence-electron chi connectivity index (χ1n) is 4.56. The van der Waals surface area contributed by atoms with E-state index >= 15 is 0 Å². The summed E-state index contributed by atoms with van der Waals surface area (Å²) in [5.74, 6) is 0.951. The average Bonchev–Trinajstić information content (AvgIpc) is 2.67. The fraction of sp³-hybridized carbons (Fsp3) is 1.00. The van der Waals surface area contributed by atoms with Gasteiger partial charge in [0.25, 0.3) is 0 Å². The van der Waals surface area contributed by atoms with Gasteiger partial charge in [0.2, 0.25) is 0 Å². The van der Waals surface area contributed by atoms with Crippen LogP contribution in [0.1, 0.15) is 39.5 Å². The second-order valence-electron chi connectivity index (χ2n) is 3.58. The molecule has 60 valence electrons. The van der Waals surface area contributed by atoms with Gasteiger partial charge in [0.05, 0.1) is 0 Å². The molecule has 1 unspecified atom stereocenters. The van der Waals surface area contributed by atoms with Crippen LogP contribution in [0, 0.1) is 5.92 Å². The van der Waals surface area contributed by atoms with Crippen molar-refractivity contribution in [3.63, 3.8) is 0 Å². The third-order valence-corrected chi connectivity index (χ3v) is 2.28. The van der Waals surface area contributed by atoms with Crippen molar-refractivity contribution >= 4 is 0 Å². The van der Waals surface area contributed by atoms with Crippen LogP contribution < -0.4 is 5.32 Å². The molecule has 0 aliphatic carbocycles. The molecule has 0 spiro atoms. The lowest BCUT2D eigenvalue weighted by molar-refractivity contribution is 0.468. The first-order chi connectivity index (χ1) is 4.83. The summed E-state index contributed by atoms with van der Waals surface area (Å²) in [4.78, 5) is 0. The molecule has 1 heteroatoms. The molecule has 0 bridgehead atoms. The molecular weight excluding hydrogens is 122 g/mol. The van der Waals surface area contributed by atoms with Gasteiger partial charge in [-0.25, -0.2) is 0 Å².